The van der Waals surface area contributed by atoms with Crippen molar-refractivity contribution in [2.45, 2.75) is 20.3 Å². The first-order chi connectivity index (χ1) is 7.51. The van der Waals surface area contributed by atoms with Crippen molar-refractivity contribution in [1.29, 1.82) is 0 Å². The van der Waals surface area contributed by atoms with Gasteiger partial charge in [-0.25, -0.2) is 0 Å². The van der Waals surface area contributed by atoms with Gasteiger partial charge in [0.1, 0.15) is 17.3 Å². The maximum absolute atomic E-state index is 11.2. The molecule has 0 radical (unpaired) electrons. The molecule has 0 N–H and O–H groups in total. The molecule has 16 heavy (non-hydrogen) atoms. The minimum absolute atomic E-state index is 0.106. The maximum atomic E-state index is 11.2. The molecule has 0 spiro atoms. The molecule has 1 rings (SSSR count). The fourth-order valence-electron chi connectivity index (χ4n) is 1.74. The second kappa shape index (κ2) is 5.34. The van der Waals surface area contributed by atoms with Gasteiger partial charge in [0.05, 0.1) is 18.7 Å². The van der Waals surface area contributed by atoms with E-state index in [4.69, 9.17) is 9.47 Å². The summed E-state index contributed by atoms with van der Waals surface area (Å²) in [5.41, 5.74) is 1.77. The summed E-state index contributed by atoms with van der Waals surface area (Å²) in [4.78, 5) is 11.2. The first kappa shape index (κ1) is 13.0. The van der Waals surface area contributed by atoms with E-state index in [1.54, 1.807) is 21.1 Å². The highest BCUT2D eigenvalue weighted by atomic mass is 79.9. The van der Waals surface area contributed by atoms with Gasteiger partial charge in [-0.1, -0.05) is 0 Å². The molecular weight excluding hydrogens is 272 g/mol. The minimum Gasteiger partial charge on any atom is -0.496 e. The number of carbonyl (C=O) groups excluding carboxylic acids is 1. The summed E-state index contributed by atoms with van der Waals surface area (Å²) in [5, 5.41) is 0. The highest BCUT2D eigenvalue weighted by molar-refractivity contribution is 9.10. The summed E-state index contributed by atoms with van der Waals surface area (Å²) < 4.78 is 11.4. The number of benzene rings is 1. The predicted octanol–water partition coefficient (Wildman–Crippen LogP) is 2.91. The van der Waals surface area contributed by atoms with Crippen LogP contribution >= 0.6 is 15.9 Å². The van der Waals surface area contributed by atoms with Crippen molar-refractivity contribution in [2.24, 2.45) is 0 Å². The number of hydrogen-bond donors (Lipinski definition) is 0. The number of Topliss-reactive ketones (excluding diaryl/α,β-unsaturated/α-hetero) is 1. The Balaban J connectivity index is 3.34. The third-order valence-corrected chi connectivity index (χ3v) is 2.93. The normalized spacial score (nSPS) is 10.1. The fraction of sp³-hybridized carbons (Fsp3) is 0.417. The minimum atomic E-state index is 0.106. The van der Waals surface area contributed by atoms with Gasteiger partial charge in [0.15, 0.2) is 0 Å². The molecule has 0 aliphatic rings. The predicted molar refractivity (Wildman–Crippen MR) is 66.4 cm³/mol. The van der Waals surface area contributed by atoms with Gasteiger partial charge in [0, 0.05) is 17.5 Å². The lowest BCUT2D eigenvalue weighted by molar-refractivity contribution is -0.116. The molecule has 3 nitrogen and oxygen atoms in total. The molecule has 0 saturated heterocycles. The van der Waals surface area contributed by atoms with Crippen molar-refractivity contribution in [2.75, 3.05) is 14.2 Å². The molecule has 0 amide bonds. The van der Waals surface area contributed by atoms with Crippen LogP contribution in [0.4, 0.5) is 0 Å². The van der Waals surface area contributed by atoms with Crippen LogP contribution in [-0.2, 0) is 11.2 Å². The van der Waals surface area contributed by atoms with Crippen LogP contribution in [0.1, 0.15) is 18.1 Å². The van der Waals surface area contributed by atoms with Gasteiger partial charge < -0.3 is 9.47 Å². The molecule has 1 aromatic rings. The van der Waals surface area contributed by atoms with Gasteiger partial charge in [0.2, 0.25) is 0 Å². The van der Waals surface area contributed by atoms with Crippen LogP contribution in [-0.4, -0.2) is 20.0 Å². The quantitative estimate of drug-likeness (QED) is 0.854. The van der Waals surface area contributed by atoms with Crippen LogP contribution in [0.3, 0.4) is 0 Å². The highest BCUT2D eigenvalue weighted by Gasteiger charge is 2.16. The van der Waals surface area contributed by atoms with Crippen LogP contribution in [0.15, 0.2) is 10.5 Å². The van der Waals surface area contributed by atoms with Crippen molar-refractivity contribution in [1.82, 2.24) is 0 Å². The second-order valence-electron chi connectivity index (χ2n) is 3.59. The number of ketones is 1. The molecular formula is C12H15BrO3. The van der Waals surface area contributed by atoms with Gasteiger partial charge in [-0.2, -0.15) is 0 Å². The van der Waals surface area contributed by atoms with Crippen molar-refractivity contribution in [3.05, 3.63) is 21.7 Å². The summed E-state index contributed by atoms with van der Waals surface area (Å²) in [6, 6.07) is 1.87. The zero-order valence-corrected chi connectivity index (χ0v) is 11.5. The summed E-state index contributed by atoms with van der Waals surface area (Å²) in [5.74, 6) is 1.56. The summed E-state index contributed by atoms with van der Waals surface area (Å²) in [7, 11) is 3.20. The second-order valence-corrected chi connectivity index (χ2v) is 4.44. The number of carbonyl (C=O) groups is 1. The van der Waals surface area contributed by atoms with Crippen LogP contribution < -0.4 is 9.47 Å². The Morgan fingerprint density at radius 2 is 1.88 bits per heavy atom. The Kier molecular flexibility index (Phi) is 4.35. The Morgan fingerprint density at radius 3 is 2.31 bits per heavy atom. The third kappa shape index (κ3) is 2.55. The topological polar surface area (TPSA) is 35.5 Å². The zero-order chi connectivity index (χ0) is 12.3. The Bertz CT molecular complexity index is 413. The Morgan fingerprint density at radius 1 is 1.31 bits per heavy atom. The molecule has 0 saturated carbocycles. The molecule has 1 aromatic carbocycles. The fourth-order valence-corrected chi connectivity index (χ4v) is 2.48. The van der Waals surface area contributed by atoms with Crippen LogP contribution in [0, 0.1) is 6.92 Å². The molecule has 88 valence electrons. The third-order valence-electron chi connectivity index (χ3n) is 2.34. The molecule has 0 unspecified atom stereocenters. The van der Waals surface area contributed by atoms with Crippen molar-refractivity contribution < 1.29 is 14.3 Å². The smallest absolute Gasteiger partial charge is 0.139 e. The van der Waals surface area contributed by atoms with E-state index < -0.39 is 0 Å². The number of hydrogen-bond acceptors (Lipinski definition) is 3. The first-order valence-corrected chi connectivity index (χ1v) is 5.70. The van der Waals surface area contributed by atoms with E-state index in [1.807, 2.05) is 13.0 Å². The van der Waals surface area contributed by atoms with Crippen molar-refractivity contribution in [3.8, 4) is 11.5 Å². The Hall–Kier alpha value is -1.03. The van der Waals surface area contributed by atoms with E-state index in [2.05, 4.69) is 15.9 Å². The van der Waals surface area contributed by atoms with Gasteiger partial charge in [-0.15, -0.1) is 0 Å². The van der Waals surface area contributed by atoms with Gasteiger partial charge in [-0.3, -0.25) is 4.79 Å². The first-order valence-electron chi connectivity index (χ1n) is 4.90. The van der Waals surface area contributed by atoms with E-state index in [0.29, 0.717) is 6.42 Å². The van der Waals surface area contributed by atoms with Gasteiger partial charge in [0.25, 0.3) is 0 Å². The zero-order valence-electron chi connectivity index (χ0n) is 9.89. The number of ether oxygens (including phenoxy) is 2. The Labute approximate surface area is 104 Å². The highest BCUT2D eigenvalue weighted by Crippen LogP contribution is 2.38. The summed E-state index contributed by atoms with van der Waals surface area (Å²) in [6.45, 7) is 3.47. The number of methoxy groups -OCH3 is 2. The molecule has 0 aliphatic carbocycles. The van der Waals surface area contributed by atoms with Crippen LogP contribution in [0.25, 0.3) is 0 Å². The van der Waals surface area contributed by atoms with E-state index in [-0.39, 0.29) is 5.78 Å². The lowest BCUT2D eigenvalue weighted by Crippen LogP contribution is -2.03. The SMILES string of the molecule is COc1c(Br)cc(CC(C)=O)c(OC)c1C. The van der Waals surface area contributed by atoms with Gasteiger partial charge >= 0.3 is 0 Å². The molecule has 0 bridgehead atoms. The molecule has 0 fully saturated rings. The van der Waals surface area contributed by atoms with E-state index in [1.165, 1.54) is 0 Å². The molecule has 0 atom stereocenters. The largest absolute Gasteiger partial charge is 0.496 e. The molecule has 0 heterocycles. The standard InChI is InChI=1S/C12H15BrO3/c1-7(14)5-9-6-10(13)12(16-4)8(2)11(9)15-3/h6H,5H2,1-4H3. The monoisotopic (exact) mass is 286 g/mol. The maximum Gasteiger partial charge on any atom is 0.139 e. The number of rotatable bonds is 4. The van der Waals surface area contributed by atoms with E-state index >= 15 is 0 Å². The van der Waals surface area contributed by atoms with Crippen molar-refractivity contribution >= 4 is 21.7 Å². The lowest BCUT2D eigenvalue weighted by atomic mass is 10.0. The van der Waals surface area contributed by atoms with E-state index in [9.17, 15) is 4.79 Å². The van der Waals surface area contributed by atoms with Crippen LogP contribution in [0.2, 0.25) is 0 Å². The van der Waals surface area contributed by atoms with Crippen molar-refractivity contribution in [3.63, 3.8) is 0 Å². The number of halogens is 1. The molecule has 0 aromatic heterocycles. The average Bonchev–Trinajstić information content (AvgIpc) is 2.17. The lowest BCUT2D eigenvalue weighted by Gasteiger charge is -2.15. The molecule has 4 heteroatoms. The average molecular weight is 287 g/mol. The van der Waals surface area contributed by atoms with E-state index in [0.717, 1.165) is 27.1 Å². The summed E-state index contributed by atoms with van der Waals surface area (Å²) >= 11 is 3.42. The summed E-state index contributed by atoms with van der Waals surface area (Å²) in [6.07, 6.45) is 0.368. The molecule has 0 aliphatic heterocycles. The van der Waals surface area contributed by atoms with Crippen LogP contribution in [0.5, 0.6) is 11.5 Å². The van der Waals surface area contributed by atoms with Gasteiger partial charge in [-0.05, 0) is 35.8 Å².